The quantitative estimate of drug-likeness (QED) is 0.630. The average Bonchev–Trinajstić information content (AvgIpc) is 2.86. The van der Waals surface area contributed by atoms with Gasteiger partial charge in [-0.1, -0.05) is 11.6 Å². The summed E-state index contributed by atoms with van der Waals surface area (Å²) < 4.78 is 57.4. The number of urea groups is 1. The van der Waals surface area contributed by atoms with Crippen LogP contribution in [0.3, 0.4) is 0 Å². The van der Waals surface area contributed by atoms with E-state index in [9.17, 15) is 27.1 Å². The van der Waals surface area contributed by atoms with E-state index in [1.54, 1.807) is 9.80 Å². The highest BCUT2D eigenvalue weighted by Gasteiger charge is 2.39. The van der Waals surface area contributed by atoms with Gasteiger partial charge in [0, 0.05) is 30.7 Å². The van der Waals surface area contributed by atoms with Gasteiger partial charge in [-0.2, -0.15) is 0 Å². The Morgan fingerprint density at radius 3 is 2.51 bits per heavy atom. The van der Waals surface area contributed by atoms with Crippen molar-refractivity contribution >= 4 is 33.3 Å². The van der Waals surface area contributed by atoms with Crippen LogP contribution in [0, 0.1) is 11.6 Å². The summed E-state index contributed by atoms with van der Waals surface area (Å²) in [5, 5.41) is 10.1. The number of aliphatic hydroxyl groups is 1. The van der Waals surface area contributed by atoms with Crippen molar-refractivity contribution in [1.82, 2.24) is 9.80 Å². The maximum absolute atomic E-state index is 14.9. The lowest BCUT2D eigenvalue weighted by Crippen LogP contribution is -2.57. The number of benzene rings is 2. The maximum atomic E-state index is 14.9. The van der Waals surface area contributed by atoms with Gasteiger partial charge in [0.25, 0.3) is 10.0 Å². The van der Waals surface area contributed by atoms with E-state index in [0.29, 0.717) is 37.4 Å². The first kappa shape index (κ1) is 25.7. The maximum Gasteiger partial charge on any atom is 0.320 e. The molecular weight excluding hydrogens is 500 g/mol. The fraction of sp³-hybridized carbons (Fsp3) is 0.458. The number of carbonyl (C=O) groups excluding carboxylic acids is 1. The zero-order chi connectivity index (χ0) is 25.2. The van der Waals surface area contributed by atoms with Gasteiger partial charge in [-0.25, -0.2) is 22.0 Å². The van der Waals surface area contributed by atoms with E-state index in [1.807, 2.05) is 0 Å². The highest BCUT2D eigenvalue weighted by atomic mass is 35.5. The molecule has 1 N–H and O–H groups in total. The van der Waals surface area contributed by atoms with Crippen molar-refractivity contribution in [2.75, 3.05) is 30.5 Å². The average molecular weight is 528 g/mol. The van der Waals surface area contributed by atoms with Gasteiger partial charge in [-0.05, 0) is 68.5 Å². The highest BCUT2D eigenvalue weighted by molar-refractivity contribution is 7.92. The van der Waals surface area contributed by atoms with Crippen molar-refractivity contribution in [3.05, 3.63) is 59.1 Å². The second kappa shape index (κ2) is 10.7. The number of sulfonamides is 1. The van der Waals surface area contributed by atoms with Crippen LogP contribution < -0.4 is 4.31 Å². The van der Waals surface area contributed by atoms with Gasteiger partial charge >= 0.3 is 6.03 Å². The lowest BCUT2D eigenvalue weighted by molar-refractivity contribution is 0.0792. The fourth-order valence-electron chi connectivity index (χ4n) is 4.84. The summed E-state index contributed by atoms with van der Waals surface area (Å²) in [7, 11) is -4.32. The number of nitrogens with zero attached hydrogens (tertiary/aromatic N) is 3. The molecule has 2 aliphatic heterocycles. The molecule has 0 bridgehead atoms. The van der Waals surface area contributed by atoms with Crippen LogP contribution in [0.25, 0.3) is 0 Å². The van der Waals surface area contributed by atoms with Crippen LogP contribution in [0.2, 0.25) is 5.02 Å². The van der Waals surface area contributed by atoms with Gasteiger partial charge < -0.3 is 14.9 Å². The first-order valence-electron chi connectivity index (χ1n) is 11.6. The molecule has 0 aliphatic carbocycles. The molecule has 2 amide bonds. The summed E-state index contributed by atoms with van der Waals surface area (Å²) >= 11 is 5.92. The van der Waals surface area contributed by atoms with Gasteiger partial charge in [0.15, 0.2) is 0 Å². The monoisotopic (exact) mass is 527 g/mol. The lowest BCUT2D eigenvalue weighted by atomic mass is 10.0. The molecule has 2 aromatic carbocycles. The Labute approximate surface area is 208 Å². The van der Waals surface area contributed by atoms with Crippen LogP contribution >= 0.6 is 11.6 Å². The Bertz CT molecular complexity index is 1170. The summed E-state index contributed by atoms with van der Waals surface area (Å²) in [6.07, 6.45) is 3.29. The molecule has 2 heterocycles. The van der Waals surface area contributed by atoms with Crippen LogP contribution in [0.5, 0.6) is 0 Å². The molecule has 4 rings (SSSR count). The van der Waals surface area contributed by atoms with E-state index in [2.05, 4.69) is 0 Å². The number of aliphatic hydroxyl groups excluding tert-OH is 1. The van der Waals surface area contributed by atoms with Crippen molar-refractivity contribution < 1.29 is 27.1 Å². The Hall–Kier alpha value is -2.43. The largest absolute Gasteiger partial charge is 0.394 e. The smallest absolute Gasteiger partial charge is 0.320 e. The summed E-state index contributed by atoms with van der Waals surface area (Å²) in [6.45, 7) is 0.784. The number of rotatable bonds is 5. The van der Waals surface area contributed by atoms with Gasteiger partial charge in [-0.15, -0.1) is 0 Å². The number of hydrogen-bond donors (Lipinski definition) is 1. The number of likely N-dealkylation sites (tertiary alicyclic amines) is 2. The molecule has 2 unspecified atom stereocenters. The van der Waals surface area contributed by atoms with E-state index < -0.39 is 33.4 Å². The van der Waals surface area contributed by atoms with Crippen molar-refractivity contribution in [2.24, 2.45) is 0 Å². The van der Waals surface area contributed by atoms with Gasteiger partial charge in [0.2, 0.25) is 0 Å². The zero-order valence-corrected chi connectivity index (χ0v) is 20.7. The molecule has 0 aromatic heterocycles. The third-order valence-corrected chi connectivity index (χ3v) is 8.73. The van der Waals surface area contributed by atoms with Crippen LogP contribution in [0.1, 0.15) is 32.1 Å². The SMILES string of the molecule is O=C(N1CCCC(N(c2cc(F)ccc2F)S(=O)(=O)c2ccc(Cl)cc2)C1)N1CCCCC1CO. The number of amides is 2. The van der Waals surface area contributed by atoms with E-state index in [4.69, 9.17) is 11.6 Å². The number of anilines is 1. The van der Waals surface area contributed by atoms with Crippen molar-refractivity contribution in [1.29, 1.82) is 0 Å². The van der Waals surface area contributed by atoms with E-state index >= 15 is 0 Å². The highest BCUT2D eigenvalue weighted by Crippen LogP contribution is 2.33. The van der Waals surface area contributed by atoms with E-state index in [1.165, 1.54) is 24.3 Å². The second-order valence-electron chi connectivity index (χ2n) is 8.90. The minimum Gasteiger partial charge on any atom is -0.394 e. The summed E-state index contributed by atoms with van der Waals surface area (Å²) in [6, 6.07) is 6.74. The summed E-state index contributed by atoms with van der Waals surface area (Å²) in [5.41, 5.74) is -0.412. The minimum absolute atomic E-state index is 0.0102. The number of piperidine rings is 2. The molecule has 0 spiro atoms. The lowest BCUT2D eigenvalue weighted by Gasteiger charge is -2.43. The molecule has 35 heavy (non-hydrogen) atoms. The topological polar surface area (TPSA) is 81.2 Å². The van der Waals surface area contributed by atoms with E-state index in [-0.39, 0.29) is 30.1 Å². The molecule has 7 nitrogen and oxygen atoms in total. The van der Waals surface area contributed by atoms with Gasteiger partial charge in [-0.3, -0.25) is 4.31 Å². The molecule has 2 saturated heterocycles. The second-order valence-corrected chi connectivity index (χ2v) is 11.2. The molecule has 0 radical (unpaired) electrons. The summed E-state index contributed by atoms with van der Waals surface area (Å²) in [5.74, 6) is -1.66. The van der Waals surface area contributed by atoms with Crippen molar-refractivity contribution in [3.8, 4) is 0 Å². The Morgan fingerprint density at radius 1 is 1.06 bits per heavy atom. The van der Waals surface area contributed by atoms with Gasteiger partial charge in [0.1, 0.15) is 11.6 Å². The van der Waals surface area contributed by atoms with E-state index in [0.717, 1.165) is 35.3 Å². The number of hydrogen-bond acceptors (Lipinski definition) is 4. The molecular formula is C24H28ClF2N3O4S. The Morgan fingerprint density at radius 2 is 1.80 bits per heavy atom. The third-order valence-electron chi connectivity index (χ3n) is 6.60. The predicted molar refractivity (Wildman–Crippen MR) is 129 cm³/mol. The molecule has 0 saturated carbocycles. The van der Waals surface area contributed by atoms with Crippen LogP contribution in [-0.2, 0) is 10.0 Å². The third kappa shape index (κ3) is 5.39. The number of carbonyl (C=O) groups is 1. The first-order chi connectivity index (χ1) is 16.7. The molecule has 190 valence electrons. The molecule has 11 heteroatoms. The first-order valence-corrected chi connectivity index (χ1v) is 13.5. The molecule has 2 aromatic rings. The molecule has 2 atom stereocenters. The van der Waals surface area contributed by atoms with Crippen molar-refractivity contribution in [2.45, 2.75) is 49.1 Å². The van der Waals surface area contributed by atoms with Crippen molar-refractivity contribution in [3.63, 3.8) is 0 Å². The zero-order valence-electron chi connectivity index (χ0n) is 19.1. The minimum atomic E-state index is -4.32. The van der Waals surface area contributed by atoms with Gasteiger partial charge in [0.05, 0.1) is 29.3 Å². The van der Waals surface area contributed by atoms with Crippen LogP contribution in [-0.4, -0.2) is 67.7 Å². The fourth-order valence-corrected chi connectivity index (χ4v) is 6.64. The standard InChI is InChI=1S/C24H28ClF2N3O4S/c25-17-6-9-21(10-7-17)35(33,34)30(23-14-18(26)8-11-22(23)27)19-5-3-12-28(15-19)24(32)29-13-2-1-4-20(29)16-31/h6-11,14,19-20,31H,1-5,12-13,15-16H2. The van der Waals surface area contributed by atoms with Crippen LogP contribution in [0.4, 0.5) is 19.3 Å². The predicted octanol–water partition coefficient (Wildman–Crippen LogP) is 4.24. The molecule has 2 fully saturated rings. The normalized spacial score (nSPS) is 21.1. The summed E-state index contributed by atoms with van der Waals surface area (Å²) in [4.78, 5) is 16.4. The Kier molecular flexibility index (Phi) is 7.83. The Balaban J connectivity index is 1.70. The van der Waals surface area contributed by atoms with Crippen LogP contribution in [0.15, 0.2) is 47.4 Å². The number of halogens is 3. The molecule has 2 aliphatic rings.